The lowest BCUT2D eigenvalue weighted by atomic mass is 10.1. The van der Waals surface area contributed by atoms with Crippen LogP contribution in [0.15, 0.2) is 12.4 Å². The molecule has 1 aromatic heterocycles. The summed E-state index contributed by atoms with van der Waals surface area (Å²) in [5, 5.41) is 3.28. The Bertz CT molecular complexity index is 358. The van der Waals surface area contributed by atoms with Gasteiger partial charge in [0.1, 0.15) is 0 Å². The molecule has 0 saturated carbocycles. The van der Waals surface area contributed by atoms with Gasteiger partial charge in [0.05, 0.1) is 5.56 Å². The van der Waals surface area contributed by atoms with E-state index in [1.807, 2.05) is 18.0 Å². The summed E-state index contributed by atoms with van der Waals surface area (Å²) in [7, 11) is 0. The molecule has 0 spiro atoms. The van der Waals surface area contributed by atoms with Crippen LogP contribution < -0.4 is 5.32 Å². The molecule has 1 aliphatic heterocycles. The molecule has 0 aromatic carbocycles. The van der Waals surface area contributed by atoms with Gasteiger partial charge in [-0.15, -0.1) is 0 Å². The molecular weight excluding hydrogens is 190 g/mol. The van der Waals surface area contributed by atoms with Crippen LogP contribution in [-0.4, -0.2) is 41.5 Å². The van der Waals surface area contributed by atoms with Gasteiger partial charge in [-0.3, -0.25) is 4.79 Å². The summed E-state index contributed by atoms with van der Waals surface area (Å²) in [6.07, 6.45) is 3.65. The van der Waals surface area contributed by atoms with E-state index in [-0.39, 0.29) is 11.9 Å². The Morgan fingerprint density at radius 1 is 1.53 bits per heavy atom. The Kier molecular flexibility index (Phi) is 2.77. The molecular formula is C11H17N3O. The molecule has 1 amide bonds. The second-order valence-electron chi connectivity index (χ2n) is 4.10. The lowest BCUT2D eigenvalue weighted by molar-refractivity contribution is 0.0655. The summed E-state index contributed by atoms with van der Waals surface area (Å²) in [5.74, 6) is 0.141. The molecule has 1 saturated heterocycles. The Morgan fingerprint density at radius 2 is 2.33 bits per heavy atom. The maximum absolute atomic E-state index is 12.2. The highest BCUT2D eigenvalue weighted by molar-refractivity contribution is 5.95. The van der Waals surface area contributed by atoms with Crippen LogP contribution in [0.25, 0.3) is 0 Å². The molecule has 2 N–H and O–H groups in total. The van der Waals surface area contributed by atoms with Crippen LogP contribution in [0.3, 0.4) is 0 Å². The van der Waals surface area contributed by atoms with Crippen LogP contribution in [0.1, 0.15) is 22.8 Å². The van der Waals surface area contributed by atoms with Crippen molar-refractivity contribution in [3.8, 4) is 0 Å². The number of hydrogen-bond donors (Lipinski definition) is 2. The predicted molar refractivity (Wildman–Crippen MR) is 58.9 cm³/mol. The highest BCUT2D eigenvalue weighted by atomic mass is 16.2. The largest absolute Gasteiger partial charge is 0.367 e. The minimum absolute atomic E-state index is 0.141. The van der Waals surface area contributed by atoms with E-state index < -0.39 is 0 Å². The van der Waals surface area contributed by atoms with Gasteiger partial charge < -0.3 is 15.2 Å². The van der Waals surface area contributed by atoms with Gasteiger partial charge >= 0.3 is 0 Å². The number of carbonyl (C=O) groups is 1. The van der Waals surface area contributed by atoms with Crippen LogP contribution in [0.2, 0.25) is 0 Å². The van der Waals surface area contributed by atoms with E-state index in [0.717, 1.165) is 30.8 Å². The normalized spacial score (nSPS) is 21.7. The Morgan fingerprint density at radius 3 is 2.93 bits per heavy atom. The number of nitrogens with zero attached hydrogens (tertiary/aromatic N) is 1. The molecule has 82 valence electrons. The molecule has 0 aliphatic carbocycles. The topological polar surface area (TPSA) is 48.1 Å². The molecule has 1 aliphatic rings. The number of H-pyrrole nitrogens is 1. The number of aromatic nitrogens is 1. The van der Waals surface area contributed by atoms with E-state index in [0.29, 0.717) is 0 Å². The first-order valence-electron chi connectivity index (χ1n) is 5.35. The molecule has 2 heterocycles. The van der Waals surface area contributed by atoms with Crippen LogP contribution in [0.5, 0.6) is 0 Å². The van der Waals surface area contributed by atoms with E-state index >= 15 is 0 Å². The molecule has 0 radical (unpaired) electrons. The molecule has 4 nitrogen and oxygen atoms in total. The van der Waals surface area contributed by atoms with Crippen LogP contribution in [0, 0.1) is 6.92 Å². The maximum Gasteiger partial charge on any atom is 0.255 e. The zero-order valence-corrected chi connectivity index (χ0v) is 9.21. The fourth-order valence-corrected chi connectivity index (χ4v) is 1.97. The fourth-order valence-electron chi connectivity index (χ4n) is 1.97. The number of aryl methyl sites for hydroxylation is 1. The van der Waals surface area contributed by atoms with Crippen molar-refractivity contribution < 1.29 is 4.79 Å². The molecule has 1 atom stereocenters. The van der Waals surface area contributed by atoms with Gasteiger partial charge in [-0.25, -0.2) is 0 Å². The minimum Gasteiger partial charge on any atom is -0.367 e. The Balaban J connectivity index is 2.17. The first-order valence-corrected chi connectivity index (χ1v) is 5.35. The summed E-state index contributed by atoms with van der Waals surface area (Å²) in [6.45, 7) is 6.60. The summed E-state index contributed by atoms with van der Waals surface area (Å²) in [4.78, 5) is 17.1. The van der Waals surface area contributed by atoms with Gasteiger partial charge in [0.25, 0.3) is 5.91 Å². The van der Waals surface area contributed by atoms with Crippen molar-refractivity contribution in [1.29, 1.82) is 0 Å². The van der Waals surface area contributed by atoms with Gasteiger partial charge in [-0.05, 0) is 19.4 Å². The summed E-state index contributed by atoms with van der Waals surface area (Å²) >= 11 is 0. The van der Waals surface area contributed by atoms with Crippen molar-refractivity contribution in [3.63, 3.8) is 0 Å². The monoisotopic (exact) mass is 207 g/mol. The first kappa shape index (κ1) is 10.2. The highest BCUT2D eigenvalue weighted by Gasteiger charge is 2.25. The standard InChI is InChI=1S/C11H17N3O/c1-8-5-13-7-10(8)11(15)14-4-3-12-6-9(14)2/h5,7,9,12-13H,3-4,6H2,1-2H3/t9-/m0/s1. The van der Waals surface area contributed by atoms with E-state index in [4.69, 9.17) is 0 Å². The number of aromatic amines is 1. The second kappa shape index (κ2) is 4.06. The van der Waals surface area contributed by atoms with E-state index in [1.54, 1.807) is 6.20 Å². The van der Waals surface area contributed by atoms with Crippen LogP contribution in [0.4, 0.5) is 0 Å². The van der Waals surface area contributed by atoms with Gasteiger partial charge in [0.2, 0.25) is 0 Å². The van der Waals surface area contributed by atoms with E-state index in [9.17, 15) is 4.79 Å². The zero-order chi connectivity index (χ0) is 10.8. The predicted octanol–water partition coefficient (Wildman–Crippen LogP) is 0.757. The van der Waals surface area contributed by atoms with Crippen molar-refractivity contribution in [2.24, 2.45) is 0 Å². The third kappa shape index (κ3) is 1.90. The van der Waals surface area contributed by atoms with Crippen molar-refractivity contribution in [1.82, 2.24) is 15.2 Å². The van der Waals surface area contributed by atoms with Crippen molar-refractivity contribution in [3.05, 3.63) is 23.5 Å². The number of piperazine rings is 1. The molecule has 0 unspecified atom stereocenters. The summed E-state index contributed by atoms with van der Waals surface area (Å²) < 4.78 is 0. The molecule has 1 aromatic rings. The lowest BCUT2D eigenvalue weighted by Gasteiger charge is -2.34. The maximum atomic E-state index is 12.2. The minimum atomic E-state index is 0.141. The van der Waals surface area contributed by atoms with Gasteiger partial charge in [0, 0.05) is 38.1 Å². The lowest BCUT2D eigenvalue weighted by Crippen LogP contribution is -2.52. The van der Waals surface area contributed by atoms with Crippen molar-refractivity contribution in [2.45, 2.75) is 19.9 Å². The highest BCUT2D eigenvalue weighted by Crippen LogP contribution is 2.13. The molecule has 2 rings (SSSR count). The number of rotatable bonds is 1. The number of amides is 1. The second-order valence-corrected chi connectivity index (χ2v) is 4.10. The average Bonchev–Trinajstić information content (AvgIpc) is 2.64. The molecule has 4 heteroatoms. The third-order valence-corrected chi connectivity index (χ3v) is 2.94. The Labute approximate surface area is 89.7 Å². The van der Waals surface area contributed by atoms with E-state index in [2.05, 4.69) is 17.2 Å². The fraction of sp³-hybridized carbons (Fsp3) is 0.545. The molecule has 1 fully saturated rings. The smallest absolute Gasteiger partial charge is 0.255 e. The van der Waals surface area contributed by atoms with E-state index in [1.165, 1.54) is 0 Å². The quantitative estimate of drug-likeness (QED) is 0.714. The first-order chi connectivity index (χ1) is 7.20. The van der Waals surface area contributed by atoms with Crippen LogP contribution >= 0.6 is 0 Å². The number of nitrogens with one attached hydrogen (secondary N) is 2. The zero-order valence-electron chi connectivity index (χ0n) is 9.21. The third-order valence-electron chi connectivity index (χ3n) is 2.94. The van der Waals surface area contributed by atoms with Crippen molar-refractivity contribution in [2.75, 3.05) is 19.6 Å². The van der Waals surface area contributed by atoms with Crippen molar-refractivity contribution >= 4 is 5.91 Å². The van der Waals surface area contributed by atoms with Gasteiger partial charge in [-0.2, -0.15) is 0 Å². The molecule has 0 bridgehead atoms. The Hall–Kier alpha value is -1.29. The number of carbonyl (C=O) groups excluding carboxylic acids is 1. The van der Waals surface area contributed by atoms with Crippen LogP contribution in [-0.2, 0) is 0 Å². The summed E-state index contributed by atoms with van der Waals surface area (Å²) in [5.41, 5.74) is 1.81. The molecule has 15 heavy (non-hydrogen) atoms. The SMILES string of the molecule is Cc1c[nH]cc1C(=O)N1CCNC[C@@H]1C. The van der Waals surface area contributed by atoms with Gasteiger partial charge in [-0.1, -0.05) is 0 Å². The number of hydrogen-bond acceptors (Lipinski definition) is 2. The average molecular weight is 207 g/mol. The van der Waals surface area contributed by atoms with Gasteiger partial charge in [0.15, 0.2) is 0 Å². The summed E-state index contributed by atoms with van der Waals surface area (Å²) in [6, 6.07) is 0.278.